The molecular weight excluding hydrogens is 446 g/mol. The van der Waals surface area contributed by atoms with Crippen molar-refractivity contribution >= 4 is 5.91 Å². The Labute approximate surface area is 220 Å². The third-order valence-corrected chi connectivity index (χ3v) is 13.4. The lowest BCUT2D eigenvalue weighted by molar-refractivity contribution is -0.201. The summed E-state index contributed by atoms with van der Waals surface area (Å²) < 4.78 is 0. The number of carbonyl (C=O) groups is 1. The van der Waals surface area contributed by atoms with Crippen molar-refractivity contribution in [3.05, 3.63) is 0 Å². The number of hydrogen-bond acceptors (Lipinski definition) is 3. The Kier molecular flexibility index (Phi) is 7.62. The number of amides is 1. The lowest BCUT2D eigenvalue weighted by atomic mass is 9.39. The first-order chi connectivity index (χ1) is 17.1. The maximum Gasteiger partial charge on any atom is 0.220 e. The van der Waals surface area contributed by atoms with Crippen LogP contribution in [0, 0.1) is 51.8 Å². The molecule has 0 saturated heterocycles. The van der Waals surface area contributed by atoms with Crippen molar-refractivity contribution in [1.82, 2.24) is 5.32 Å². The standard InChI is InChI=1S/C32H55NO3/c1-21(10-13-29(36)33-20-22-8-6-5-7-9-22)25-11-12-26-24-15-16-30(2)19-23(34)14-17-31(30,3)27(24)18-28(35)32(25,26)4/h21-28,34-35H,5-20H2,1-4H3,(H,33,36)/t21-,23-,24?,25-,26?,27?,28+,30-,31-,32-/m1/s1. The van der Waals surface area contributed by atoms with E-state index in [4.69, 9.17) is 0 Å². The normalized spacial score (nSPS) is 47.9. The molecule has 0 aromatic rings. The van der Waals surface area contributed by atoms with Gasteiger partial charge in [0.15, 0.2) is 0 Å². The Hall–Kier alpha value is -0.610. The molecule has 10 atom stereocenters. The summed E-state index contributed by atoms with van der Waals surface area (Å²) in [4.78, 5) is 12.7. The molecule has 3 unspecified atom stereocenters. The number of carbonyl (C=O) groups excluding carboxylic acids is 1. The van der Waals surface area contributed by atoms with Crippen LogP contribution < -0.4 is 5.32 Å². The zero-order chi connectivity index (χ0) is 25.7. The SMILES string of the molecule is C[C@H](CCC(=O)NCC1CCCCC1)[C@H]1CCC2C3CC[C@]4(C)C[C@H](O)CC[C@]4(C)C3C[C@H](O)[C@@]21C. The van der Waals surface area contributed by atoms with Gasteiger partial charge in [0.1, 0.15) is 0 Å². The third kappa shape index (κ3) is 4.48. The van der Waals surface area contributed by atoms with Crippen LogP contribution in [0.1, 0.15) is 124 Å². The van der Waals surface area contributed by atoms with Crippen LogP contribution in [0.3, 0.4) is 0 Å². The van der Waals surface area contributed by atoms with Crippen LogP contribution in [-0.4, -0.2) is 34.9 Å². The molecule has 0 aliphatic heterocycles. The number of aliphatic hydroxyl groups excluding tert-OH is 2. The molecule has 36 heavy (non-hydrogen) atoms. The minimum atomic E-state index is -0.246. The first kappa shape index (κ1) is 27.0. The van der Waals surface area contributed by atoms with Crippen molar-refractivity contribution in [1.29, 1.82) is 0 Å². The highest BCUT2D eigenvalue weighted by Gasteiger charge is 2.66. The second-order valence-corrected chi connectivity index (χ2v) is 14.9. The summed E-state index contributed by atoms with van der Waals surface area (Å²) in [5.41, 5.74) is 0.421. The van der Waals surface area contributed by atoms with Gasteiger partial charge in [-0.05, 0) is 122 Å². The topological polar surface area (TPSA) is 69.6 Å². The Morgan fingerprint density at radius 2 is 1.69 bits per heavy atom. The summed E-state index contributed by atoms with van der Waals surface area (Å²) in [5, 5.41) is 25.5. The molecule has 5 rings (SSSR count). The predicted octanol–water partition coefficient (Wildman–Crippen LogP) is 6.48. The first-order valence-corrected chi connectivity index (χ1v) is 15.7. The van der Waals surface area contributed by atoms with Crippen molar-refractivity contribution in [3.63, 3.8) is 0 Å². The smallest absolute Gasteiger partial charge is 0.220 e. The largest absolute Gasteiger partial charge is 0.393 e. The summed E-state index contributed by atoms with van der Waals surface area (Å²) in [6.45, 7) is 10.6. The van der Waals surface area contributed by atoms with Crippen molar-refractivity contribution in [2.75, 3.05) is 6.54 Å². The van der Waals surface area contributed by atoms with Gasteiger partial charge in [0.25, 0.3) is 0 Å². The number of rotatable bonds is 6. The Morgan fingerprint density at radius 1 is 0.944 bits per heavy atom. The van der Waals surface area contributed by atoms with Gasteiger partial charge in [0.05, 0.1) is 12.2 Å². The van der Waals surface area contributed by atoms with Crippen LogP contribution in [0.25, 0.3) is 0 Å². The molecule has 3 N–H and O–H groups in total. The summed E-state index contributed by atoms with van der Waals surface area (Å²) >= 11 is 0. The molecule has 5 fully saturated rings. The maximum absolute atomic E-state index is 12.7. The Balaban J connectivity index is 1.22. The van der Waals surface area contributed by atoms with E-state index in [1.165, 1.54) is 57.8 Å². The molecule has 0 aromatic heterocycles. The van der Waals surface area contributed by atoms with E-state index in [-0.39, 0.29) is 34.4 Å². The molecule has 0 spiro atoms. The van der Waals surface area contributed by atoms with Crippen LogP contribution in [0.15, 0.2) is 0 Å². The predicted molar refractivity (Wildman–Crippen MR) is 145 cm³/mol. The minimum absolute atomic E-state index is 0.0164. The lowest BCUT2D eigenvalue weighted by Crippen LogP contribution is -2.61. The van der Waals surface area contributed by atoms with E-state index in [0.29, 0.717) is 41.9 Å². The van der Waals surface area contributed by atoms with Gasteiger partial charge >= 0.3 is 0 Å². The highest BCUT2D eigenvalue weighted by atomic mass is 16.3. The van der Waals surface area contributed by atoms with Gasteiger partial charge in [-0.15, -0.1) is 0 Å². The molecule has 5 aliphatic rings. The number of fused-ring (bicyclic) bond motifs is 5. The Bertz CT molecular complexity index is 794. The molecule has 1 amide bonds. The van der Waals surface area contributed by atoms with E-state index in [0.717, 1.165) is 38.6 Å². The molecular formula is C32H55NO3. The van der Waals surface area contributed by atoms with E-state index < -0.39 is 0 Å². The molecule has 0 heterocycles. The fourth-order valence-electron chi connectivity index (χ4n) is 10.8. The van der Waals surface area contributed by atoms with Gasteiger partial charge < -0.3 is 15.5 Å². The summed E-state index contributed by atoms with van der Waals surface area (Å²) in [6, 6.07) is 0. The molecule has 5 aliphatic carbocycles. The summed E-state index contributed by atoms with van der Waals surface area (Å²) in [6.07, 6.45) is 16.6. The number of aliphatic hydroxyl groups is 2. The zero-order valence-electron chi connectivity index (χ0n) is 23.7. The van der Waals surface area contributed by atoms with Gasteiger partial charge in [-0.3, -0.25) is 4.79 Å². The quantitative estimate of drug-likeness (QED) is 0.390. The highest BCUT2D eigenvalue weighted by molar-refractivity contribution is 5.75. The fourth-order valence-corrected chi connectivity index (χ4v) is 10.8. The minimum Gasteiger partial charge on any atom is -0.393 e. The van der Waals surface area contributed by atoms with E-state index in [1.807, 2.05) is 0 Å². The third-order valence-electron chi connectivity index (χ3n) is 13.4. The van der Waals surface area contributed by atoms with Gasteiger partial charge in [-0.1, -0.05) is 47.0 Å². The molecule has 4 heteroatoms. The van der Waals surface area contributed by atoms with E-state index >= 15 is 0 Å². The van der Waals surface area contributed by atoms with Crippen molar-refractivity contribution < 1.29 is 15.0 Å². The Morgan fingerprint density at radius 3 is 2.44 bits per heavy atom. The molecule has 206 valence electrons. The van der Waals surface area contributed by atoms with Gasteiger partial charge in [0, 0.05) is 13.0 Å². The number of hydrogen-bond donors (Lipinski definition) is 3. The van der Waals surface area contributed by atoms with E-state index in [9.17, 15) is 15.0 Å². The van der Waals surface area contributed by atoms with Crippen LogP contribution in [0.5, 0.6) is 0 Å². The van der Waals surface area contributed by atoms with Crippen LogP contribution in [-0.2, 0) is 4.79 Å². The second kappa shape index (κ2) is 10.2. The number of nitrogens with one attached hydrogen (secondary N) is 1. The molecule has 0 aromatic carbocycles. The molecule has 4 nitrogen and oxygen atoms in total. The molecule has 0 radical (unpaired) electrons. The molecule has 0 bridgehead atoms. The maximum atomic E-state index is 12.7. The van der Waals surface area contributed by atoms with Gasteiger partial charge in [0.2, 0.25) is 5.91 Å². The van der Waals surface area contributed by atoms with Crippen molar-refractivity contribution in [3.8, 4) is 0 Å². The van der Waals surface area contributed by atoms with Gasteiger partial charge in [-0.25, -0.2) is 0 Å². The highest BCUT2D eigenvalue weighted by Crippen LogP contribution is 2.71. The second-order valence-electron chi connectivity index (χ2n) is 14.9. The van der Waals surface area contributed by atoms with Crippen molar-refractivity contribution in [2.24, 2.45) is 51.8 Å². The molecule has 5 saturated carbocycles. The van der Waals surface area contributed by atoms with E-state index in [1.54, 1.807) is 0 Å². The van der Waals surface area contributed by atoms with Gasteiger partial charge in [-0.2, -0.15) is 0 Å². The summed E-state index contributed by atoms with van der Waals surface area (Å²) in [5.74, 6) is 3.80. The lowest BCUT2D eigenvalue weighted by Gasteiger charge is -2.66. The average Bonchev–Trinajstić information content (AvgIpc) is 3.22. The van der Waals surface area contributed by atoms with Crippen LogP contribution in [0.2, 0.25) is 0 Å². The van der Waals surface area contributed by atoms with Crippen LogP contribution in [0.4, 0.5) is 0 Å². The van der Waals surface area contributed by atoms with Crippen LogP contribution >= 0.6 is 0 Å². The first-order valence-electron chi connectivity index (χ1n) is 15.7. The zero-order valence-corrected chi connectivity index (χ0v) is 23.7. The average molecular weight is 502 g/mol. The summed E-state index contributed by atoms with van der Waals surface area (Å²) in [7, 11) is 0. The monoisotopic (exact) mass is 501 g/mol. The fraction of sp³-hybridized carbons (Fsp3) is 0.969. The van der Waals surface area contributed by atoms with Crippen molar-refractivity contribution in [2.45, 2.75) is 136 Å². The van der Waals surface area contributed by atoms with E-state index in [2.05, 4.69) is 33.0 Å².